The summed E-state index contributed by atoms with van der Waals surface area (Å²) in [5.41, 5.74) is 0. The maximum absolute atomic E-state index is 12.8. The Labute approximate surface area is 479 Å². The third kappa shape index (κ3) is 61.6. The molecule has 2 atom stereocenters. The molecule has 2 unspecified atom stereocenters. The Bertz CT molecular complexity index is 1730. The first-order chi connectivity index (χ1) is 38.0. The summed E-state index contributed by atoms with van der Waals surface area (Å²) >= 11 is 0. The average Bonchev–Trinajstić information content (AvgIpc) is 3.41. The largest absolute Gasteiger partial charge is 0.472 e. The van der Waals surface area contributed by atoms with Crippen molar-refractivity contribution in [3.8, 4) is 0 Å². The fourth-order valence-electron chi connectivity index (χ4n) is 8.18. The van der Waals surface area contributed by atoms with E-state index in [9.17, 15) is 19.0 Å². The van der Waals surface area contributed by atoms with Crippen LogP contribution in [0.5, 0.6) is 0 Å². The van der Waals surface area contributed by atoms with E-state index in [0.29, 0.717) is 17.4 Å². The molecule has 0 saturated heterocycles. The molecule has 0 aromatic carbocycles. The Morgan fingerprint density at radius 3 is 1.09 bits per heavy atom. The number of carbonyl (C=O) groups excluding carboxylic acids is 2. The molecular weight excluding hydrogens is 990 g/mol. The van der Waals surface area contributed by atoms with Gasteiger partial charge >= 0.3 is 19.8 Å². The number of hydrogen-bond acceptors (Lipinski definition) is 7. The first-order valence-electron chi connectivity index (χ1n) is 31.3. The Morgan fingerprint density at radius 2 is 0.731 bits per heavy atom. The Kier molecular flexibility index (Phi) is 55.4. The first-order valence-corrected chi connectivity index (χ1v) is 32.8. The number of nitrogens with zero attached hydrogens (tertiary/aromatic N) is 1. The highest BCUT2D eigenvalue weighted by molar-refractivity contribution is 7.47. The summed E-state index contributed by atoms with van der Waals surface area (Å²) in [7, 11) is 1.45. The van der Waals surface area contributed by atoms with E-state index >= 15 is 0 Å². The van der Waals surface area contributed by atoms with Gasteiger partial charge in [0.1, 0.15) is 19.8 Å². The minimum absolute atomic E-state index is 0.0207. The number of unbranched alkanes of at least 4 members (excludes halogenated alkanes) is 22. The SMILES string of the molecule is CC/C=C\C/C=C\C/C=C\C/C=C\C/C=C\C/C=C\C/C=C\CCCCCCCC(=O)OC(COC(=O)CCCCCCCCCCCCCC/C=C\C/C=C\C/C=C\CCCCCCC)COP(=O)(O)OCC[N+](C)(C)C. The monoisotopic (exact) mass is 1110 g/mol. The zero-order chi connectivity index (χ0) is 57.0. The van der Waals surface area contributed by atoms with Crippen LogP contribution in [0.4, 0.5) is 0 Å². The van der Waals surface area contributed by atoms with Crippen molar-refractivity contribution < 1.29 is 42.1 Å². The Balaban J connectivity index is 4.21. The fraction of sp³-hybridized carbons (Fsp3) is 0.676. The van der Waals surface area contributed by atoms with Crippen molar-refractivity contribution in [2.24, 2.45) is 0 Å². The lowest BCUT2D eigenvalue weighted by atomic mass is 10.0. The molecule has 0 aromatic rings. The average molecular weight is 1110 g/mol. The van der Waals surface area contributed by atoms with E-state index in [1.54, 1.807) is 0 Å². The molecule has 446 valence electrons. The summed E-state index contributed by atoms with van der Waals surface area (Å²) in [4.78, 5) is 35.8. The normalized spacial score (nSPS) is 14.1. The number of esters is 2. The fourth-order valence-corrected chi connectivity index (χ4v) is 8.92. The van der Waals surface area contributed by atoms with E-state index in [0.717, 1.165) is 109 Å². The van der Waals surface area contributed by atoms with Crippen LogP contribution in [0.25, 0.3) is 0 Å². The number of carbonyl (C=O) groups is 2. The third-order valence-corrected chi connectivity index (χ3v) is 14.0. The van der Waals surface area contributed by atoms with Crippen molar-refractivity contribution >= 4 is 19.8 Å². The molecule has 0 spiro atoms. The predicted molar refractivity (Wildman–Crippen MR) is 334 cm³/mol. The number of phosphoric acid groups is 1. The van der Waals surface area contributed by atoms with Crippen LogP contribution in [-0.4, -0.2) is 74.9 Å². The van der Waals surface area contributed by atoms with E-state index in [1.165, 1.54) is 103 Å². The summed E-state index contributed by atoms with van der Waals surface area (Å²) in [5, 5.41) is 0. The van der Waals surface area contributed by atoms with Crippen molar-refractivity contribution in [1.29, 1.82) is 0 Å². The van der Waals surface area contributed by atoms with Gasteiger partial charge in [-0.25, -0.2) is 4.57 Å². The molecule has 0 bridgehead atoms. The number of phosphoric ester groups is 1. The molecule has 0 aliphatic heterocycles. The van der Waals surface area contributed by atoms with E-state index < -0.39 is 26.5 Å². The summed E-state index contributed by atoms with van der Waals surface area (Å²) in [6.45, 7) is 4.28. The van der Waals surface area contributed by atoms with Gasteiger partial charge in [0.25, 0.3) is 0 Å². The van der Waals surface area contributed by atoms with Crippen LogP contribution in [0.3, 0.4) is 0 Å². The van der Waals surface area contributed by atoms with Crippen LogP contribution < -0.4 is 0 Å². The van der Waals surface area contributed by atoms with Crippen molar-refractivity contribution in [3.63, 3.8) is 0 Å². The third-order valence-electron chi connectivity index (χ3n) is 13.0. The Morgan fingerprint density at radius 1 is 0.410 bits per heavy atom. The summed E-state index contributed by atoms with van der Waals surface area (Å²) in [6.07, 6.45) is 82.7. The topological polar surface area (TPSA) is 108 Å². The summed E-state index contributed by atoms with van der Waals surface area (Å²) in [5.74, 6) is -0.827. The first kappa shape index (κ1) is 74.4. The van der Waals surface area contributed by atoms with Gasteiger partial charge < -0.3 is 18.9 Å². The molecule has 0 aliphatic carbocycles. The van der Waals surface area contributed by atoms with Crippen LogP contribution in [-0.2, 0) is 32.7 Å². The maximum atomic E-state index is 12.8. The molecule has 0 fully saturated rings. The van der Waals surface area contributed by atoms with Crippen molar-refractivity contribution in [1.82, 2.24) is 0 Å². The number of hydrogen-bond donors (Lipinski definition) is 1. The Hall–Kier alpha value is -3.59. The molecule has 0 saturated carbocycles. The molecule has 0 amide bonds. The van der Waals surface area contributed by atoms with Gasteiger partial charge in [-0.2, -0.15) is 0 Å². The van der Waals surface area contributed by atoms with Gasteiger partial charge in [0.15, 0.2) is 6.10 Å². The minimum atomic E-state index is -4.40. The quantitative estimate of drug-likeness (QED) is 0.0211. The van der Waals surface area contributed by atoms with Gasteiger partial charge in [0, 0.05) is 12.8 Å². The molecule has 0 aliphatic rings. The van der Waals surface area contributed by atoms with Crippen molar-refractivity contribution in [2.45, 2.75) is 251 Å². The summed E-state index contributed by atoms with van der Waals surface area (Å²) < 4.78 is 34.6. The molecule has 0 aromatic heterocycles. The number of ether oxygens (including phenoxy) is 2. The second-order valence-electron chi connectivity index (χ2n) is 21.7. The number of likely N-dealkylation sites (N-methyl/N-ethyl adjacent to an activating group) is 1. The lowest BCUT2D eigenvalue weighted by Gasteiger charge is -2.24. The standard InChI is InChI=1S/C68H116NO8P/c1-6-8-10-12-14-16-18-20-22-24-26-28-30-32-34-36-38-40-42-44-46-48-50-52-54-56-58-60-67(70)74-64-66(65-76-78(72,73)75-63-62-69(3,4)5)77-68(71)61-59-57-55-53-51-49-47-45-43-41-39-37-35-33-31-29-27-25-23-21-19-17-15-13-11-9-7-2/h9,11,15,17-18,20-21,23-24,26-27,29-30,32-33,35,39,41,45,47,66H,6-8,10,12-14,16,19,22,25,28,31,34,36-38,40,42-44,46,48-65H2,1-5H3/p+1/b11-9-,17-15-,20-18-,23-21-,26-24-,29-27-,32-30-,35-33-,41-39-,47-45-. The highest BCUT2D eigenvalue weighted by Gasteiger charge is 2.27. The number of allylic oxidation sites excluding steroid dienone is 20. The van der Waals surface area contributed by atoms with Gasteiger partial charge in [-0.15, -0.1) is 0 Å². The smallest absolute Gasteiger partial charge is 0.462 e. The number of rotatable bonds is 56. The second kappa shape index (κ2) is 58.1. The lowest BCUT2D eigenvalue weighted by molar-refractivity contribution is -0.870. The van der Waals surface area contributed by atoms with Crippen molar-refractivity contribution in [2.75, 3.05) is 47.5 Å². The van der Waals surface area contributed by atoms with Gasteiger partial charge in [0.05, 0.1) is 27.7 Å². The highest BCUT2D eigenvalue weighted by Crippen LogP contribution is 2.43. The van der Waals surface area contributed by atoms with Crippen LogP contribution in [0.15, 0.2) is 122 Å². The molecule has 0 heterocycles. The van der Waals surface area contributed by atoms with Gasteiger partial charge in [-0.05, 0) is 109 Å². The van der Waals surface area contributed by atoms with Gasteiger partial charge in [-0.1, -0.05) is 245 Å². The molecule has 0 rings (SSSR count). The van der Waals surface area contributed by atoms with Crippen LogP contribution in [0.1, 0.15) is 245 Å². The summed E-state index contributed by atoms with van der Waals surface area (Å²) in [6, 6.07) is 0. The minimum Gasteiger partial charge on any atom is -0.462 e. The molecule has 0 radical (unpaired) electrons. The van der Waals surface area contributed by atoms with E-state index in [1.807, 2.05) is 21.1 Å². The molecular formula is C68H117NO8P+. The van der Waals surface area contributed by atoms with E-state index in [2.05, 4.69) is 135 Å². The number of quaternary nitrogens is 1. The molecule has 10 heteroatoms. The zero-order valence-electron chi connectivity index (χ0n) is 50.6. The van der Waals surface area contributed by atoms with Gasteiger partial charge in [0.2, 0.25) is 0 Å². The molecule has 9 nitrogen and oxygen atoms in total. The predicted octanol–water partition coefficient (Wildman–Crippen LogP) is 19.9. The van der Waals surface area contributed by atoms with Crippen molar-refractivity contribution in [3.05, 3.63) is 122 Å². The zero-order valence-corrected chi connectivity index (χ0v) is 51.5. The van der Waals surface area contributed by atoms with Crippen LogP contribution in [0, 0.1) is 0 Å². The highest BCUT2D eigenvalue weighted by atomic mass is 31.2. The molecule has 78 heavy (non-hydrogen) atoms. The second-order valence-corrected chi connectivity index (χ2v) is 23.2. The lowest BCUT2D eigenvalue weighted by Crippen LogP contribution is -2.37. The van der Waals surface area contributed by atoms with Gasteiger partial charge in [-0.3, -0.25) is 18.6 Å². The van der Waals surface area contributed by atoms with E-state index in [-0.39, 0.29) is 32.0 Å². The van der Waals surface area contributed by atoms with Crippen LogP contribution >= 0.6 is 7.82 Å². The van der Waals surface area contributed by atoms with Crippen LogP contribution in [0.2, 0.25) is 0 Å². The molecule has 1 N–H and O–H groups in total. The van der Waals surface area contributed by atoms with E-state index in [4.69, 9.17) is 18.5 Å². The maximum Gasteiger partial charge on any atom is 0.472 e.